The Balaban J connectivity index is 0.000000809. The summed E-state index contributed by atoms with van der Waals surface area (Å²) in [5.74, 6) is 0.208. The van der Waals surface area contributed by atoms with E-state index in [0.717, 1.165) is 16.3 Å². The molecule has 14 nitrogen and oxygen atoms in total. The summed E-state index contributed by atoms with van der Waals surface area (Å²) in [6.07, 6.45) is 0.514. The van der Waals surface area contributed by atoms with Crippen molar-refractivity contribution in [3.8, 4) is 0 Å². The molecule has 0 bridgehead atoms. The van der Waals surface area contributed by atoms with Crippen molar-refractivity contribution in [3.05, 3.63) is 22.7 Å². The zero-order chi connectivity index (χ0) is 27.9. The highest BCUT2D eigenvalue weighted by molar-refractivity contribution is 8.08. The van der Waals surface area contributed by atoms with Gasteiger partial charge in [-0.1, -0.05) is 20.8 Å². The maximum Gasteiger partial charge on any atom is 0.444 e. The zero-order valence-electron chi connectivity index (χ0n) is 19.4. The Kier molecular flexibility index (Phi) is 12.8. The van der Waals surface area contributed by atoms with Crippen LogP contribution >= 0.6 is 33.7 Å². The van der Waals surface area contributed by atoms with Crippen LogP contribution in [-0.2, 0) is 34.5 Å². The summed E-state index contributed by atoms with van der Waals surface area (Å²) < 4.78 is 64.0. The quantitative estimate of drug-likeness (QED) is 0.224. The maximum atomic E-state index is 13.4. The van der Waals surface area contributed by atoms with E-state index in [2.05, 4.69) is 51.3 Å². The number of halogens is 2. The Labute approximate surface area is 215 Å². The van der Waals surface area contributed by atoms with E-state index in [0.29, 0.717) is 0 Å². The fourth-order valence-electron chi connectivity index (χ4n) is 2.52. The topological polar surface area (TPSA) is 207 Å². The van der Waals surface area contributed by atoms with Crippen LogP contribution in [0.2, 0.25) is 0 Å². The summed E-state index contributed by atoms with van der Waals surface area (Å²) in [7, 11) is -12.8. The largest absolute Gasteiger partial charge is 0.444 e. The summed E-state index contributed by atoms with van der Waals surface area (Å²) in [5, 5.41) is -5.51. The Morgan fingerprint density at radius 2 is 1.83 bits per heavy atom. The number of anilines is 1. The van der Waals surface area contributed by atoms with E-state index in [9.17, 15) is 27.6 Å². The minimum atomic E-state index is -6.41. The van der Waals surface area contributed by atoms with E-state index in [1.165, 1.54) is 31.9 Å². The van der Waals surface area contributed by atoms with E-state index < -0.39 is 51.3 Å². The van der Waals surface area contributed by atoms with Gasteiger partial charge in [-0.25, -0.2) is 9.11 Å². The molecule has 0 amide bonds. The molecule has 1 aliphatic rings. The summed E-state index contributed by atoms with van der Waals surface area (Å²) >= 11 is 5.40. The minimum absolute atomic E-state index is 0.00422. The molecule has 0 saturated carbocycles. The van der Waals surface area contributed by atoms with Gasteiger partial charge in [0.05, 0.1) is 6.61 Å². The highest BCUT2D eigenvalue weighted by Gasteiger charge is 2.66. The first kappa shape index (κ1) is 33.7. The normalized spacial score (nSPS) is 21.9. The lowest BCUT2D eigenvalue weighted by molar-refractivity contribution is -0.00397. The lowest BCUT2D eigenvalue weighted by Crippen LogP contribution is -2.28. The van der Waals surface area contributed by atoms with E-state index in [4.69, 9.17) is 25.2 Å². The first-order chi connectivity index (χ1) is 16.4. The van der Waals surface area contributed by atoms with Gasteiger partial charge in [0.1, 0.15) is 17.5 Å². The second-order valence-electron chi connectivity index (χ2n) is 6.94. The van der Waals surface area contributed by atoms with Gasteiger partial charge in [0.15, 0.2) is 0 Å². The third kappa shape index (κ3) is 9.45. The van der Waals surface area contributed by atoms with Crippen LogP contribution in [0.3, 0.4) is 0 Å². The first-order valence-electron chi connectivity index (χ1n) is 10.2. The Morgan fingerprint density at radius 1 is 1.28 bits per heavy atom. The molecule has 2 heterocycles. The average Bonchev–Trinajstić information content (AvgIpc) is 3.21. The van der Waals surface area contributed by atoms with E-state index >= 15 is 0 Å². The molecule has 4 atom stereocenters. The fourth-order valence-corrected chi connectivity index (χ4v) is 8.28. The maximum absolute atomic E-state index is 13.4. The lowest BCUT2D eigenvalue weighted by atomic mass is 10.5. The molecule has 1 saturated heterocycles. The smallest absolute Gasteiger partial charge is 0.383 e. The molecular formula is C15H29F2N4O10P3S2. The van der Waals surface area contributed by atoms with Crippen LogP contribution in [-0.4, -0.2) is 76.9 Å². The third-order valence-electron chi connectivity index (χ3n) is 4.52. The predicted molar refractivity (Wildman–Crippen MR) is 133 cm³/mol. The van der Waals surface area contributed by atoms with Crippen molar-refractivity contribution in [3.63, 3.8) is 0 Å². The number of aromatic nitrogens is 2. The summed E-state index contributed by atoms with van der Waals surface area (Å²) in [6, 6.07) is 1.35. The molecule has 1 aromatic rings. The van der Waals surface area contributed by atoms with Crippen molar-refractivity contribution < 1.29 is 51.1 Å². The standard InChI is InChI=1S/C9H14F2N3O10P3S2.C6H15N/c10-9(11,25(16,17)18)26(19,20)24-27(21,28)22-3-7-23-6(4-29-7)14-2-1-5(12)13-8(14)15;1-4-7(5-2)6-3/h1-2,6-7H,3-4H2,(H,19,20)(H,21,28)(H2,12,13,15)(H2,16,17,18);4-6H2,1-3H3/t6-,7+,27?;/m1./s1. The van der Waals surface area contributed by atoms with Gasteiger partial charge in [-0.3, -0.25) is 13.7 Å². The van der Waals surface area contributed by atoms with Crippen LogP contribution in [0.4, 0.5) is 14.6 Å². The van der Waals surface area contributed by atoms with Gasteiger partial charge < -0.3 is 39.5 Å². The molecule has 0 aliphatic carbocycles. The van der Waals surface area contributed by atoms with E-state index in [-0.39, 0.29) is 11.6 Å². The number of ether oxygens (including phenoxy) is 1. The highest BCUT2D eigenvalue weighted by Crippen LogP contribution is 2.77. The molecule has 36 heavy (non-hydrogen) atoms. The van der Waals surface area contributed by atoms with Gasteiger partial charge in [0.25, 0.3) is 0 Å². The average molecular weight is 620 g/mol. The van der Waals surface area contributed by atoms with Gasteiger partial charge in [-0.2, -0.15) is 13.8 Å². The number of thioether (sulfide) groups is 1. The van der Waals surface area contributed by atoms with Crippen LogP contribution in [0.15, 0.2) is 17.1 Å². The van der Waals surface area contributed by atoms with Crippen LogP contribution in [0.5, 0.6) is 0 Å². The van der Waals surface area contributed by atoms with E-state index in [1.807, 2.05) is 0 Å². The molecule has 2 unspecified atom stereocenters. The van der Waals surface area contributed by atoms with Crippen molar-refractivity contribution in [2.75, 3.05) is 37.7 Å². The van der Waals surface area contributed by atoms with Gasteiger partial charge in [-0.05, 0) is 37.5 Å². The Bertz CT molecular complexity index is 1070. The van der Waals surface area contributed by atoms with Crippen molar-refractivity contribution >= 4 is 51.3 Å². The molecule has 0 spiro atoms. The number of hydrogen-bond donors (Lipinski definition) is 5. The molecule has 210 valence electrons. The molecule has 1 aromatic heterocycles. The molecule has 1 aliphatic heterocycles. The number of alkyl halides is 2. The Hall–Kier alpha value is -0.320. The number of nitrogens with two attached hydrogens (primary N) is 1. The van der Waals surface area contributed by atoms with Crippen LogP contribution in [0.25, 0.3) is 0 Å². The molecule has 21 heteroatoms. The van der Waals surface area contributed by atoms with Gasteiger partial charge in [0.2, 0.25) is 0 Å². The molecule has 1 fully saturated rings. The first-order valence-corrected chi connectivity index (χ1v) is 17.0. The second kappa shape index (κ2) is 13.7. The lowest BCUT2D eigenvalue weighted by Gasteiger charge is -2.25. The van der Waals surface area contributed by atoms with Crippen molar-refractivity contribution in [2.45, 2.75) is 37.8 Å². The second-order valence-corrected chi connectivity index (χ2v) is 15.0. The predicted octanol–water partition coefficient (Wildman–Crippen LogP) is 1.93. The van der Waals surface area contributed by atoms with Crippen molar-refractivity contribution in [1.29, 1.82) is 0 Å². The van der Waals surface area contributed by atoms with E-state index in [1.54, 1.807) is 0 Å². The molecule has 0 radical (unpaired) electrons. The monoisotopic (exact) mass is 620 g/mol. The third-order valence-corrected chi connectivity index (χ3v) is 11.6. The fraction of sp³-hybridized carbons (Fsp3) is 0.733. The summed E-state index contributed by atoms with van der Waals surface area (Å²) in [5.41, 5.74) is 3.77. The van der Waals surface area contributed by atoms with Crippen molar-refractivity contribution in [2.24, 2.45) is 0 Å². The summed E-state index contributed by atoms with van der Waals surface area (Å²) in [4.78, 5) is 53.5. The number of nitrogens with zero attached hydrogens (tertiary/aromatic N) is 3. The summed E-state index contributed by atoms with van der Waals surface area (Å²) in [6.45, 7) is 4.67. The molecular weight excluding hydrogens is 591 g/mol. The number of nitrogen functional groups attached to an aromatic ring is 1. The van der Waals surface area contributed by atoms with Crippen LogP contribution < -0.4 is 11.4 Å². The van der Waals surface area contributed by atoms with Gasteiger partial charge in [-0.15, -0.1) is 11.8 Å². The molecule has 0 aromatic carbocycles. The highest BCUT2D eigenvalue weighted by atomic mass is 32.5. The molecule has 6 N–H and O–H groups in total. The van der Waals surface area contributed by atoms with Gasteiger partial charge in [0, 0.05) is 11.9 Å². The van der Waals surface area contributed by atoms with Crippen molar-refractivity contribution in [1.82, 2.24) is 14.5 Å². The number of rotatable bonds is 11. The van der Waals surface area contributed by atoms with Crippen LogP contribution in [0, 0.1) is 0 Å². The molecule has 2 rings (SSSR count). The number of hydrogen-bond acceptors (Lipinski definition) is 11. The SMILES string of the molecule is CCN(CC)CC.Nc1ccn([C@H]2CS[C@@H](COP(O)(=S)OP(=O)(O)C(F)(F)P(=O)(O)O)O2)c(=O)n1. The zero-order valence-corrected chi connectivity index (χ0v) is 23.7. The van der Waals surface area contributed by atoms with Crippen LogP contribution in [0.1, 0.15) is 27.0 Å². The van der Waals surface area contributed by atoms with Gasteiger partial charge >= 0.3 is 33.0 Å². The Morgan fingerprint density at radius 3 is 2.28 bits per heavy atom. The minimum Gasteiger partial charge on any atom is -0.383 e.